The average Bonchev–Trinajstić information content (AvgIpc) is 2.46. The Morgan fingerprint density at radius 1 is 0.850 bits per heavy atom. The largest absolute Gasteiger partial charge is 0.289 e. The first-order chi connectivity index (χ1) is 9.41. The van der Waals surface area contributed by atoms with E-state index in [9.17, 15) is 4.79 Å². The Morgan fingerprint density at radius 3 is 1.70 bits per heavy atom. The molecule has 0 amide bonds. The molecule has 0 atom stereocenters. The van der Waals surface area contributed by atoms with Gasteiger partial charge in [-0.25, -0.2) is 0 Å². The number of hydrogen-bond acceptors (Lipinski definition) is 1. The lowest BCUT2D eigenvalue weighted by Gasteiger charge is -2.19. The highest BCUT2D eigenvalue weighted by atomic mass is 16.1. The van der Waals surface area contributed by atoms with Crippen LogP contribution in [0.1, 0.15) is 54.7 Å². The SMILES string of the molecule is CCc1ccc(C(=O)c2ccc(C(C)(C)C)cc2)cc1. The van der Waals surface area contributed by atoms with E-state index in [0.29, 0.717) is 0 Å². The molecule has 1 heteroatoms. The molecule has 0 aliphatic heterocycles. The van der Waals surface area contributed by atoms with Crippen molar-refractivity contribution in [2.24, 2.45) is 0 Å². The molecule has 2 aromatic carbocycles. The molecule has 0 aromatic heterocycles. The summed E-state index contributed by atoms with van der Waals surface area (Å²) in [6.45, 7) is 8.63. The average molecular weight is 266 g/mol. The predicted octanol–water partition coefficient (Wildman–Crippen LogP) is 4.78. The van der Waals surface area contributed by atoms with E-state index in [-0.39, 0.29) is 11.2 Å². The number of carbonyl (C=O) groups is 1. The molecule has 2 rings (SSSR count). The monoisotopic (exact) mass is 266 g/mol. The van der Waals surface area contributed by atoms with Crippen molar-refractivity contribution in [2.45, 2.75) is 39.5 Å². The molecule has 0 aliphatic rings. The van der Waals surface area contributed by atoms with Gasteiger partial charge in [-0.1, -0.05) is 76.2 Å². The lowest BCUT2D eigenvalue weighted by atomic mass is 9.86. The van der Waals surface area contributed by atoms with Crippen LogP contribution in [0.2, 0.25) is 0 Å². The quantitative estimate of drug-likeness (QED) is 0.731. The molecular formula is C19H22O. The lowest BCUT2D eigenvalue weighted by Crippen LogP contribution is -2.11. The Balaban J connectivity index is 2.24. The zero-order valence-corrected chi connectivity index (χ0v) is 12.7. The van der Waals surface area contributed by atoms with Crippen LogP contribution in [0.5, 0.6) is 0 Å². The zero-order valence-electron chi connectivity index (χ0n) is 12.7. The Bertz CT molecular complexity index is 583. The van der Waals surface area contributed by atoms with E-state index in [1.807, 2.05) is 48.5 Å². The summed E-state index contributed by atoms with van der Waals surface area (Å²) >= 11 is 0. The maximum absolute atomic E-state index is 12.4. The molecule has 0 N–H and O–H groups in total. The van der Waals surface area contributed by atoms with Gasteiger partial charge in [-0.15, -0.1) is 0 Å². The first kappa shape index (κ1) is 14.5. The standard InChI is InChI=1S/C19H22O/c1-5-14-6-8-15(9-7-14)18(20)16-10-12-17(13-11-16)19(2,3)4/h6-13H,5H2,1-4H3. The fourth-order valence-corrected chi connectivity index (χ4v) is 2.18. The second-order valence-electron chi connectivity index (χ2n) is 6.21. The fraction of sp³-hybridized carbons (Fsp3) is 0.316. The van der Waals surface area contributed by atoms with Gasteiger partial charge in [0.15, 0.2) is 5.78 Å². The lowest BCUT2D eigenvalue weighted by molar-refractivity contribution is 0.103. The predicted molar refractivity (Wildman–Crippen MR) is 84.4 cm³/mol. The minimum absolute atomic E-state index is 0.0908. The summed E-state index contributed by atoms with van der Waals surface area (Å²) in [7, 11) is 0. The minimum atomic E-state index is 0.0908. The number of hydrogen-bond donors (Lipinski definition) is 0. The maximum Gasteiger partial charge on any atom is 0.193 e. The molecule has 0 spiro atoms. The molecule has 0 aliphatic carbocycles. The number of carbonyl (C=O) groups excluding carboxylic acids is 1. The normalized spacial score (nSPS) is 11.4. The van der Waals surface area contributed by atoms with E-state index < -0.39 is 0 Å². The molecule has 0 bridgehead atoms. The number of ketones is 1. The topological polar surface area (TPSA) is 17.1 Å². The number of aryl methyl sites for hydroxylation is 1. The second kappa shape index (κ2) is 5.62. The van der Waals surface area contributed by atoms with E-state index in [4.69, 9.17) is 0 Å². The molecular weight excluding hydrogens is 244 g/mol. The first-order valence-electron chi connectivity index (χ1n) is 7.16. The third kappa shape index (κ3) is 3.16. The van der Waals surface area contributed by atoms with Crippen LogP contribution >= 0.6 is 0 Å². The Hall–Kier alpha value is -1.89. The second-order valence-corrected chi connectivity index (χ2v) is 6.21. The smallest absolute Gasteiger partial charge is 0.193 e. The van der Waals surface area contributed by atoms with Crippen LogP contribution < -0.4 is 0 Å². The van der Waals surface area contributed by atoms with Crippen molar-refractivity contribution < 1.29 is 4.79 Å². The number of benzene rings is 2. The van der Waals surface area contributed by atoms with Gasteiger partial charge in [-0.2, -0.15) is 0 Å². The van der Waals surface area contributed by atoms with Crippen molar-refractivity contribution in [1.29, 1.82) is 0 Å². The van der Waals surface area contributed by atoms with Crippen LogP contribution in [0.15, 0.2) is 48.5 Å². The van der Waals surface area contributed by atoms with E-state index in [2.05, 4.69) is 27.7 Å². The summed E-state index contributed by atoms with van der Waals surface area (Å²) in [6.07, 6.45) is 0.995. The van der Waals surface area contributed by atoms with Crippen LogP contribution in [0.25, 0.3) is 0 Å². The minimum Gasteiger partial charge on any atom is -0.289 e. The van der Waals surface area contributed by atoms with Gasteiger partial charge in [-0.3, -0.25) is 4.79 Å². The van der Waals surface area contributed by atoms with Gasteiger partial charge in [0.05, 0.1) is 0 Å². The summed E-state index contributed by atoms with van der Waals surface area (Å²) < 4.78 is 0. The summed E-state index contributed by atoms with van der Waals surface area (Å²) in [6, 6.07) is 15.8. The molecule has 0 heterocycles. The van der Waals surface area contributed by atoms with Crippen LogP contribution in [-0.4, -0.2) is 5.78 Å². The van der Waals surface area contributed by atoms with Crippen molar-refractivity contribution in [3.63, 3.8) is 0 Å². The summed E-state index contributed by atoms with van der Waals surface area (Å²) in [5, 5.41) is 0. The third-order valence-corrected chi connectivity index (χ3v) is 3.64. The fourth-order valence-electron chi connectivity index (χ4n) is 2.18. The Morgan fingerprint density at radius 2 is 1.30 bits per heavy atom. The van der Waals surface area contributed by atoms with Gasteiger partial charge in [0.25, 0.3) is 0 Å². The van der Waals surface area contributed by atoms with Crippen LogP contribution in [-0.2, 0) is 11.8 Å². The van der Waals surface area contributed by atoms with Gasteiger partial charge < -0.3 is 0 Å². The molecule has 0 fully saturated rings. The van der Waals surface area contributed by atoms with Gasteiger partial charge >= 0.3 is 0 Å². The summed E-state index contributed by atoms with van der Waals surface area (Å²) in [5.74, 6) is 0.0908. The van der Waals surface area contributed by atoms with Crippen molar-refractivity contribution in [3.05, 3.63) is 70.8 Å². The van der Waals surface area contributed by atoms with Crippen molar-refractivity contribution in [3.8, 4) is 0 Å². The van der Waals surface area contributed by atoms with E-state index >= 15 is 0 Å². The molecule has 0 radical (unpaired) electrons. The highest BCUT2D eigenvalue weighted by Crippen LogP contribution is 2.23. The van der Waals surface area contributed by atoms with Gasteiger partial charge in [0, 0.05) is 11.1 Å². The molecule has 104 valence electrons. The van der Waals surface area contributed by atoms with Crippen LogP contribution in [0.3, 0.4) is 0 Å². The van der Waals surface area contributed by atoms with E-state index in [1.54, 1.807) is 0 Å². The molecule has 20 heavy (non-hydrogen) atoms. The van der Waals surface area contributed by atoms with Crippen molar-refractivity contribution >= 4 is 5.78 Å². The summed E-state index contributed by atoms with van der Waals surface area (Å²) in [5.41, 5.74) is 4.12. The van der Waals surface area contributed by atoms with Crippen molar-refractivity contribution in [1.82, 2.24) is 0 Å². The van der Waals surface area contributed by atoms with E-state index in [1.165, 1.54) is 11.1 Å². The van der Waals surface area contributed by atoms with Gasteiger partial charge in [0.2, 0.25) is 0 Å². The molecule has 2 aromatic rings. The van der Waals surface area contributed by atoms with Crippen LogP contribution in [0, 0.1) is 0 Å². The highest BCUT2D eigenvalue weighted by molar-refractivity contribution is 6.09. The van der Waals surface area contributed by atoms with Crippen molar-refractivity contribution in [2.75, 3.05) is 0 Å². The first-order valence-corrected chi connectivity index (χ1v) is 7.16. The molecule has 0 unspecified atom stereocenters. The maximum atomic E-state index is 12.4. The summed E-state index contributed by atoms with van der Waals surface area (Å²) in [4.78, 5) is 12.4. The molecule has 0 saturated heterocycles. The molecule has 0 saturated carbocycles. The van der Waals surface area contributed by atoms with Crippen LogP contribution in [0.4, 0.5) is 0 Å². The van der Waals surface area contributed by atoms with Gasteiger partial charge in [0.1, 0.15) is 0 Å². The molecule has 1 nitrogen and oxygen atoms in total. The van der Waals surface area contributed by atoms with E-state index in [0.717, 1.165) is 17.5 Å². The zero-order chi connectivity index (χ0) is 14.8. The van der Waals surface area contributed by atoms with Gasteiger partial charge in [-0.05, 0) is 23.0 Å². The Kier molecular flexibility index (Phi) is 4.08. The Labute approximate surface area is 121 Å². The number of rotatable bonds is 3. The third-order valence-electron chi connectivity index (χ3n) is 3.64. The highest BCUT2D eigenvalue weighted by Gasteiger charge is 2.14.